The number of aliphatic hydroxyl groups is 1. The molecule has 1 aromatic rings. The molecule has 0 bridgehead atoms. The molecule has 0 aliphatic heterocycles. The molecule has 7 heteroatoms. The van der Waals surface area contributed by atoms with Crippen LogP contribution < -0.4 is 10.6 Å². The highest BCUT2D eigenvalue weighted by molar-refractivity contribution is 5.95. The van der Waals surface area contributed by atoms with Gasteiger partial charge < -0.3 is 24.9 Å². The largest absolute Gasteiger partial charge is 0.459 e. The second-order valence-electron chi connectivity index (χ2n) is 4.35. The Morgan fingerprint density at radius 2 is 2.20 bits per heavy atom. The van der Waals surface area contributed by atoms with Gasteiger partial charge in [0.2, 0.25) is 5.91 Å². The highest BCUT2D eigenvalue weighted by Gasteiger charge is 2.20. The van der Waals surface area contributed by atoms with Crippen LogP contribution in [0.2, 0.25) is 0 Å². The fraction of sp³-hybridized carbons (Fsp3) is 0.538. The summed E-state index contributed by atoms with van der Waals surface area (Å²) in [5.41, 5.74) is 0. The molecule has 0 aliphatic carbocycles. The highest BCUT2D eigenvalue weighted by Crippen LogP contribution is 2.00. The number of rotatable bonds is 8. The summed E-state index contributed by atoms with van der Waals surface area (Å²) in [5.74, 6) is -0.656. The Hall–Kier alpha value is -1.86. The third-order valence-electron chi connectivity index (χ3n) is 2.68. The summed E-state index contributed by atoms with van der Waals surface area (Å²) in [6.07, 6.45) is 1.77. The Labute approximate surface area is 117 Å². The number of methoxy groups -OCH3 is 1. The van der Waals surface area contributed by atoms with E-state index < -0.39 is 11.9 Å². The summed E-state index contributed by atoms with van der Waals surface area (Å²) in [6.45, 7) is 1.81. The molecule has 0 radical (unpaired) electrons. The lowest BCUT2D eigenvalue weighted by Gasteiger charge is -2.20. The van der Waals surface area contributed by atoms with Gasteiger partial charge in [-0.15, -0.1) is 0 Å². The smallest absolute Gasteiger partial charge is 0.287 e. The monoisotopic (exact) mass is 284 g/mol. The molecule has 1 rings (SSSR count). The van der Waals surface area contributed by atoms with Crippen molar-refractivity contribution in [2.45, 2.75) is 25.4 Å². The first kappa shape index (κ1) is 16.2. The predicted octanol–water partition coefficient (Wildman–Crippen LogP) is -0.0885. The lowest BCUT2D eigenvalue weighted by Crippen LogP contribution is -2.49. The maximum atomic E-state index is 11.9. The number of aliphatic hydroxyl groups excluding tert-OH is 1. The van der Waals surface area contributed by atoms with Gasteiger partial charge in [0.05, 0.1) is 18.9 Å². The molecule has 112 valence electrons. The average molecular weight is 284 g/mol. The van der Waals surface area contributed by atoms with Gasteiger partial charge in [-0.05, 0) is 25.5 Å². The fourth-order valence-corrected chi connectivity index (χ4v) is 1.62. The maximum Gasteiger partial charge on any atom is 0.287 e. The second-order valence-corrected chi connectivity index (χ2v) is 4.35. The Balaban J connectivity index is 2.47. The van der Waals surface area contributed by atoms with Gasteiger partial charge in [-0.1, -0.05) is 0 Å². The van der Waals surface area contributed by atoms with Crippen molar-refractivity contribution in [3.8, 4) is 0 Å². The van der Waals surface area contributed by atoms with E-state index >= 15 is 0 Å². The van der Waals surface area contributed by atoms with Crippen molar-refractivity contribution >= 4 is 11.8 Å². The summed E-state index contributed by atoms with van der Waals surface area (Å²) in [4.78, 5) is 23.6. The summed E-state index contributed by atoms with van der Waals surface area (Å²) in [7, 11) is 1.51. The molecule has 2 amide bonds. The Morgan fingerprint density at radius 3 is 2.75 bits per heavy atom. The zero-order chi connectivity index (χ0) is 15.0. The van der Waals surface area contributed by atoms with Gasteiger partial charge in [-0.2, -0.15) is 0 Å². The van der Waals surface area contributed by atoms with Crippen molar-refractivity contribution in [2.75, 3.05) is 20.3 Å². The first-order valence-corrected chi connectivity index (χ1v) is 6.33. The van der Waals surface area contributed by atoms with E-state index in [9.17, 15) is 9.59 Å². The van der Waals surface area contributed by atoms with E-state index in [1.807, 2.05) is 0 Å². The fourth-order valence-electron chi connectivity index (χ4n) is 1.62. The van der Waals surface area contributed by atoms with Crippen molar-refractivity contribution in [2.24, 2.45) is 0 Å². The van der Waals surface area contributed by atoms with Crippen LogP contribution in [0, 0.1) is 0 Å². The van der Waals surface area contributed by atoms with Crippen LogP contribution in [0.5, 0.6) is 0 Å². The molecular formula is C13H20N2O5. The molecule has 20 heavy (non-hydrogen) atoms. The van der Waals surface area contributed by atoms with Crippen molar-refractivity contribution in [1.82, 2.24) is 10.6 Å². The lowest BCUT2D eigenvalue weighted by atomic mass is 10.2. The van der Waals surface area contributed by atoms with Gasteiger partial charge in [0.15, 0.2) is 5.76 Å². The molecule has 1 aromatic heterocycles. The summed E-state index contributed by atoms with van der Waals surface area (Å²) >= 11 is 0. The molecule has 2 unspecified atom stereocenters. The molecule has 0 aliphatic rings. The van der Waals surface area contributed by atoms with Crippen LogP contribution in [0.4, 0.5) is 0 Å². The number of ether oxygens (including phenoxy) is 1. The zero-order valence-electron chi connectivity index (χ0n) is 11.6. The standard InChI is InChI=1S/C13H20N2O5/c1-9(14-13(18)11-4-3-7-20-11)12(17)15-10(5-6-16)8-19-2/h3-4,7,9-10,16H,5-6,8H2,1-2H3,(H,14,18)(H,15,17). The van der Waals surface area contributed by atoms with Crippen LogP contribution >= 0.6 is 0 Å². The highest BCUT2D eigenvalue weighted by atomic mass is 16.5. The van der Waals surface area contributed by atoms with Gasteiger partial charge >= 0.3 is 0 Å². The van der Waals surface area contributed by atoms with Gasteiger partial charge in [-0.3, -0.25) is 9.59 Å². The third kappa shape index (κ3) is 5.02. The zero-order valence-corrected chi connectivity index (χ0v) is 11.6. The van der Waals surface area contributed by atoms with Crippen molar-refractivity contribution in [3.63, 3.8) is 0 Å². The molecular weight excluding hydrogens is 264 g/mol. The Morgan fingerprint density at radius 1 is 1.45 bits per heavy atom. The number of amides is 2. The van der Waals surface area contributed by atoms with E-state index in [1.165, 1.54) is 19.4 Å². The molecule has 0 spiro atoms. The number of carbonyl (C=O) groups is 2. The number of furan rings is 1. The maximum absolute atomic E-state index is 11.9. The molecule has 0 saturated heterocycles. The first-order chi connectivity index (χ1) is 9.58. The van der Waals surface area contributed by atoms with Crippen molar-refractivity contribution in [3.05, 3.63) is 24.2 Å². The molecule has 7 nitrogen and oxygen atoms in total. The summed E-state index contributed by atoms with van der Waals surface area (Å²) < 4.78 is 9.89. The van der Waals surface area contributed by atoms with Crippen molar-refractivity contribution in [1.29, 1.82) is 0 Å². The van der Waals surface area contributed by atoms with E-state index in [1.54, 1.807) is 13.0 Å². The topological polar surface area (TPSA) is 101 Å². The van der Waals surface area contributed by atoms with E-state index in [4.69, 9.17) is 14.3 Å². The number of hydrogen-bond donors (Lipinski definition) is 3. The minimum atomic E-state index is -0.717. The second kappa shape index (κ2) is 8.34. The van der Waals surface area contributed by atoms with Crippen LogP contribution in [-0.2, 0) is 9.53 Å². The van der Waals surface area contributed by atoms with E-state index in [0.29, 0.717) is 13.0 Å². The third-order valence-corrected chi connectivity index (χ3v) is 2.68. The number of nitrogens with one attached hydrogen (secondary N) is 2. The quantitative estimate of drug-likeness (QED) is 0.619. The molecule has 3 N–H and O–H groups in total. The van der Waals surface area contributed by atoms with Gasteiger partial charge in [0.1, 0.15) is 6.04 Å². The van der Waals surface area contributed by atoms with E-state index in [0.717, 1.165) is 0 Å². The average Bonchev–Trinajstić information content (AvgIpc) is 2.93. The van der Waals surface area contributed by atoms with Crippen LogP contribution in [0.15, 0.2) is 22.8 Å². The number of carbonyl (C=O) groups excluding carboxylic acids is 2. The van der Waals surface area contributed by atoms with Crippen LogP contribution in [0.25, 0.3) is 0 Å². The van der Waals surface area contributed by atoms with Crippen LogP contribution in [0.3, 0.4) is 0 Å². The van der Waals surface area contributed by atoms with Gasteiger partial charge in [0, 0.05) is 13.7 Å². The normalized spacial score (nSPS) is 13.6. The van der Waals surface area contributed by atoms with Gasteiger partial charge in [0.25, 0.3) is 5.91 Å². The van der Waals surface area contributed by atoms with Gasteiger partial charge in [-0.25, -0.2) is 0 Å². The molecule has 0 fully saturated rings. The summed E-state index contributed by atoms with van der Waals surface area (Å²) in [6, 6.07) is 2.10. The first-order valence-electron chi connectivity index (χ1n) is 6.33. The van der Waals surface area contributed by atoms with E-state index in [-0.39, 0.29) is 24.3 Å². The molecule has 0 aromatic carbocycles. The van der Waals surface area contributed by atoms with Crippen LogP contribution in [0.1, 0.15) is 23.9 Å². The minimum Gasteiger partial charge on any atom is -0.459 e. The Bertz CT molecular complexity index is 412. The molecule has 1 heterocycles. The number of hydrogen-bond acceptors (Lipinski definition) is 5. The van der Waals surface area contributed by atoms with Crippen LogP contribution in [-0.4, -0.2) is 49.3 Å². The lowest BCUT2D eigenvalue weighted by molar-refractivity contribution is -0.123. The minimum absolute atomic E-state index is 0.0541. The summed E-state index contributed by atoms with van der Waals surface area (Å²) in [5, 5.41) is 14.1. The molecule has 2 atom stereocenters. The molecule has 0 saturated carbocycles. The Kier molecular flexibility index (Phi) is 6.75. The predicted molar refractivity (Wildman–Crippen MR) is 71.1 cm³/mol. The van der Waals surface area contributed by atoms with E-state index in [2.05, 4.69) is 10.6 Å². The van der Waals surface area contributed by atoms with Crippen molar-refractivity contribution < 1.29 is 23.8 Å². The SMILES string of the molecule is COCC(CCO)NC(=O)C(C)NC(=O)c1ccco1.